The van der Waals surface area contributed by atoms with Crippen molar-refractivity contribution in [3.63, 3.8) is 0 Å². The lowest BCUT2D eigenvalue weighted by Crippen LogP contribution is -2.86. The SMILES string of the molecule is CC=ICN=CC1CC1[NH2+]CC. The maximum atomic E-state index is 4.43. The van der Waals surface area contributed by atoms with Gasteiger partial charge in [0.05, 0.1) is 23.1 Å². The van der Waals surface area contributed by atoms with Crippen molar-refractivity contribution < 1.29 is 5.32 Å². The number of halogens is 1. The molecule has 0 spiro atoms. The van der Waals surface area contributed by atoms with Crippen molar-refractivity contribution in [3.05, 3.63) is 0 Å². The number of aliphatic imine (C=N–C) groups is 1. The molecular weight excluding hydrogens is 263 g/mol. The Bertz CT molecular complexity index is 177. The van der Waals surface area contributed by atoms with Crippen LogP contribution in [-0.4, -0.2) is 27.4 Å². The molecule has 2 unspecified atom stereocenters. The Kier molecular flexibility index (Phi) is 4.99. The third-order valence-corrected chi connectivity index (χ3v) is 3.69. The van der Waals surface area contributed by atoms with E-state index in [0.29, 0.717) is 0 Å². The van der Waals surface area contributed by atoms with Crippen LogP contribution in [0.25, 0.3) is 0 Å². The Morgan fingerprint density at radius 1 is 1.67 bits per heavy atom. The van der Waals surface area contributed by atoms with Gasteiger partial charge in [0, 0.05) is 12.6 Å². The number of hydrogen-bond donors (Lipinski definition) is 1. The van der Waals surface area contributed by atoms with Gasteiger partial charge in [-0.15, -0.1) is 20.7 Å². The van der Waals surface area contributed by atoms with Crippen LogP contribution in [0.1, 0.15) is 20.3 Å². The highest BCUT2D eigenvalue weighted by molar-refractivity contribution is 14.2. The first-order valence-corrected chi connectivity index (χ1v) is 7.34. The van der Waals surface area contributed by atoms with Gasteiger partial charge in [0.15, 0.2) is 0 Å². The molecule has 2 nitrogen and oxygen atoms in total. The van der Waals surface area contributed by atoms with Crippen LogP contribution in [0, 0.1) is 5.92 Å². The molecule has 0 aromatic rings. The van der Waals surface area contributed by atoms with E-state index in [1.54, 1.807) is 0 Å². The van der Waals surface area contributed by atoms with Gasteiger partial charge in [0.25, 0.3) is 0 Å². The quantitative estimate of drug-likeness (QED) is 0.334. The fourth-order valence-electron chi connectivity index (χ4n) is 1.26. The van der Waals surface area contributed by atoms with Crippen molar-refractivity contribution in [2.45, 2.75) is 26.3 Å². The summed E-state index contributed by atoms with van der Waals surface area (Å²) in [6.07, 6.45) is 3.53. The zero-order valence-electron chi connectivity index (χ0n) is 7.83. The number of nitrogens with two attached hydrogens (primary N) is 1. The summed E-state index contributed by atoms with van der Waals surface area (Å²) in [6.45, 7) is 5.56. The average Bonchev–Trinajstić information content (AvgIpc) is 2.79. The van der Waals surface area contributed by atoms with E-state index in [-0.39, 0.29) is 20.7 Å². The van der Waals surface area contributed by atoms with Crippen molar-refractivity contribution >= 4 is 31.0 Å². The average molecular weight is 281 g/mol. The van der Waals surface area contributed by atoms with Crippen LogP contribution < -0.4 is 5.32 Å². The molecule has 12 heavy (non-hydrogen) atoms. The van der Waals surface area contributed by atoms with E-state index in [2.05, 4.69) is 34.4 Å². The van der Waals surface area contributed by atoms with Gasteiger partial charge >= 0.3 is 0 Å². The summed E-state index contributed by atoms with van der Waals surface area (Å²) in [5, 5.41) is 2.41. The van der Waals surface area contributed by atoms with Crippen LogP contribution in [0.2, 0.25) is 0 Å². The second kappa shape index (κ2) is 5.80. The summed E-state index contributed by atoms with van der Waals surface area (Å²) >= 11 is 0.268. The molecular formula is C9H18IN2+. The predicted octanol–water partition coefficient (Wildman–Crippen LogP) is 0.779. The van der Waals surface area contributed by atoms with Crippen molar-refractivity contribution in [2.24, 2.45) is 10.9 Å². The van der Waals surface area contributed by atoms with Crippen molar-refractivity contribution in [3.8, 4) is 0 Å². The highest BCUT2D eigenvalue weighted by atomic mass is 127. The first-order valence-electron chi connectivity index (χ1n) is 4.57. The van der Waals surface area contributed by atoms with E-state index in [1.807, 2.05) is 0 Å². The van der Waals surface area contributed by atoms with Crippen LogP contribution in [-0.2, 0) is 0 Å². The van der Waals surface area contributed by atoms with Gasteiger partial charge in [-0.05, 0) is 13.8 Å². The molecule has 1 fully saturated rings. The Balaban J connectivity index is 2.06. The van der Waals surface area contributed by atoms with Crippen LogP contribution in [0.15, 0.2) is 4.99 Å². The minimum atomic E-state index is 0.268. The lowest BCUT2D eigenvalue weighted by Gasteiger charge is -1.91. The second-order valence-corrected chi connectivity index (χ2v) is 5.84. The largest absolute Gasteiger partial charge is 0.343 e. The minimum Gasteiger partial charge on any atom is -0.343 e. The second-order valence-electron chi connectivity index (χ2n) is 3.03. The van der Waals surface area contributed by atoms with Crippen LogP contribution in [0.3, 0.4) is 0 Å². The summed E-state index contributed by atoms with van der Waals surface area (Å²) in [5.74, 6) is 0.797. The molecule has 0 heterocycles. The van der Waals surface area contributed by atoms with Gasteiger partial charge in [-0.2, -0.15) is 0 Å². The van der Waals surface area contributed by atoms with Gasteiger partial charge in [0.2, 0.25) is 0 Å². The molecule has 2 N–H and O–H groups in total. The molecule has 70 valence electrons. The smallest absolute Gasteiger partial charge is 0.0948 e. The standard InChI is InChI=1S/C9H17IN2/c1-3-10-7-11-6-8-5-9(8)12-4-2/h3,6,8-9,12H,4-5,7H2,1-2H3/p+1. The normalized spacial score (nSPS) is 29.5. The maximum Gasteiger partial charge on any atom is 0.0948 e. The number of hydrogen-bond acceptors (Lipinski definition) is 1. The zero-order valence-corrected chi connectivity index (χ0v) is 9.99. The van der Waals surface area contributed by atoms with Crippen LogP contribution in [0.5, 0.6) is 0 Å². The molecule has 1 aliphatic carbocycles. The highest BCUT2D eigenvalue weighted by Gasteiger charge is 2.38. The van der Waals surface area contributed by atoms with E-state index >= 15 is 0 Å². The lowest BCUT2D eigenvalue weighted by atomic mass is 10.4. The molecule has 1 saturated carbocycles. The molecule has 1 rings (SSSR count). The van der Waals surface area contributed by atoms with E-state index in [0.717, 1.165) is 16.5 Å². The summed E-state index contributed by atoms with van der Waals surface area (Å²) in [5.41, 5.74) is 0. The third kappa shape index (κ3) is 3.76. The number of rotatable bonds is 5. The predicted molar refractivity (Wildman–Crippen MR) is 63.5 cm³/mol. The van der Waals surface area contributed by atoms with E-state index < -0.39 is 0 Å². The van der Waals surface area contributed by atoms with Gasteiger partial charge in [-0.3, -0.25) is 4.99 Å². The highest BCUT2D eigenvalue weighted by Crippen LogP contribution is 2.24. The van der Waals surface area contributed by atoms with Crippen molar-refractivity contribution in [2.75, 3.05) is 11.1 Å². The van der Waals surface area contributed by atoms with Crippen LogP contribution in [0.4, 0.5) is 0 Å². The summed E-state index contributed by atoms with van der Waals surface area (Å²) in [7, 11) is 0. The first-order chi connectivity index (χ1) is 5.88. The summed E-state index contributed by atoms with van der Waals surface area (Å²) in [6, 6.07) is 0.863. The Morgan fingerprint density at radius 3 is 3.17 bits per heavy atom. The zero-order chi connectivity index (χ0) is 8.81. The third-order valence-electron chi connectivity index (χ3n) is 2.02. The summed E-state index contributed by atoms with van der Waals surface area (Å²) in [4.78, 5) is 4.43. The van der Waals surface area contributed by atoms with E-state index in [1.165, 1.54) is 13.0 Å². The minimum absolute atomic E-state index is 0.268. The molecule has 0 aliphatic heterocycles. The van der Waals surface area contributed by atoms with Crippen molar-refractivity contribution in [1.29, 1.82) is 0 Å². The summed E-state index contributed by atoms with van der Waals surface area (Å²) < 4.78 is 3.36. The topological polar surface area (TPSA) is 29.0 Å². The van der Waals surface area contributed by atoms with Crippen molar-refractivity contribution in [1.82, 2.24) is 0 Å². The number of alkyl halides is 1. The fourth-order valence-corrected chi connectivity index (χ4v) is 2.11. The van der Waals surface area contributed by atoms with Gasteiger partial charge < -0.3 is 5.32 Å². The molecule has 0 amide bonds. The molecule has 0 radical (unpaired) electrons. The molecule has 0 saturated heterocycles. The Morgan fingerprint density at radius 2 is 2.50 bits per heavy atom. The molecule has 1 aliphatic rings. The van der Waals surface area contributed by atoms with Gasteiger partial charge in [0.1, 0.15) is 0 Å². The van der Waals surface area contributed by atoms with Gasteiger partial charge in [-0.1, -0.05) is 4.01 Å². The first kappa shape index (κ1) is 10.3. The monoisotopic (exact) mass is 281 g/mol. The molecule has 0 aromatic carbocycles. The fraction of sp³-hybridized carbons (Fsp3) is 0.778. The van der Waals surface area contributed by atoms with Gasteiger partial charge in [-0.25, -0.2) is 0 Å². The maximum absolute atomic E-state index is 4.43. The Hall–Kier alpha value is 0.230. The number of quaternary nitrogens is 1. The van der Waals surface area contributed by atoms with Crippen LogP contribution >= 0.6 is 20.7 Å². The molecule has 2 atom stereocenters. The molecule has 0 bridgehead atoms. The molecule has 0 aromatic heterocycles. The lowest BCUT2D eigenvalue weighted by molar-refractivity contribution is -0.666. The number of nitrogens with zero attached hydrogens (tertiary/aromatic N) is 1. The van der Waals surface area contributed by atoms with E-state index in [4.69, 9.17) is 0 Å². The van der Waals surface area contributed by atoms with E-state index in [9.17, 15) is 0 Å². The Labute approximate surface area is 84.6 Å². The molecule has 3 heteroatoms.